The molecule has 1 aliphatic heterocycles. The number of para-hydroxylation sites is 1. The van der Waals surface area contributed by atoms with E-state index in [0.29, 0.717) is 5.75 Å². The topological polar surface area (TPSA) is 160 Å². The van der Waals surface area contributed by atoms with Gasteiger partial charge < -0.3 is 24.0 Å². The van der Waals surface area contributed by atoms with E-state index in [9.17, 15) is 26.7 Å². The number of hydrogen-bond acceptors (Lipinski definition) is 9. The maximum absolute atomic E-state index is 13.7. The lowest BCUT2D eigenvalue weighted by Gasteiger charge is -2.38. The number of aromatic nitrogens is 2. The van der Waals surface area contributed by atoms with Crippen LogP contribution >= 0.6 is 0 Å². The summed E-state index contributed by atoms with van der Waals surface area (Å²) in [4.78, 5) is 19.1. The highest BCUT2D eigenvalue weighted by Gasteiger charge is 2.36. The number of sulfonamides is 2. The summed E-state index contributed by atoms with van der Waals surface area (Å²) in [6.07, 6.45) is 1.86. The molecule has 4 rings (SSSR count). The highest BCUT2D eigenvalue weighted by molar-refractivity contribution is 7.92. The Kier molecular flexibility index (Phi) is 9.15. The molecule has 3 atom stereocenters. The second-order valence-electron chi connectivity index (χ2n) is 10.2. The number of rotatable bonds is 10. The van der Waals surface area contributed by atoms with Gasteiger partial charge >= 0.3 is 0 Å². The number of likely N-dealkylation sites (N-methyl/N-ethyl adjacent to an activating group) is 1. The summed E-state index contributed by atoms with van der Waals surface area (Å²) in [5.74, 6) is -0.433. The number of anilines is 1. The standard InChI is InChI=1S/C27H35N5O8S2/c1-18-13-32(19(2)16-33)27(34)22-7-6-8-23(29-41(35,36)25-15-30(3)17-28-25)26(22)40-24(18)14-31(4)42(37,38)21-11-9-20(39-5)10-12-21/h6-12,15,17-19,24,29,33H,13-14,16H2,1-5H3/t18-,19-,24+/m0/s1. The predicted octanol–water partition coefficient (Wildman–Crippen LogP) is 1.77. The minimum Gasteiger partial charge on any atom is -0.497 e. The molecule has 0 saturated carbocycles. The second kappa shape index (κ2) is 12.3. The zero-order valence-electron chi connectivity index (χ0n) is 24.0. The first-order valence-electron chi connectivity index (χ1n) is 13.1. The molecule has 1 amide bonds. The van der Waals surface area contributed by atoms with Crippen LogP contribution in [0.25, 0.3) is 0 Å². The molecule has 0 unspecified atom stereocenters. The van der Waals surface area contributed by atoms with Crippen LogP contribution in [0.4, 0.5) is 5.69 Å². The summed E-state index contributed by atoms with van der Waals surface area (Å²) in [5, 5.41) is 9.66. The van der Waals surface area contributed by atoms with Crippen LogP contribution < -0.4 is 14.2 Å². The molecule has 0 fully saturated rings. The van der Waals surface area contributed by atoms with Gasteiger partial charge in [-0.2, -0.15) is 12.7 Å². The minimum absolute atomic E-state index is 0.0112. The van der Waals surface area contributed by atoms with E-state index < -0.39 is 44.0 Å². The van der Waals surface area contributed by atoms with Gasteiger partial charge in [-0.25, -0.2) is 13.4 Å². The van der Waals surface area contributed by atoms with E-state index >= 15 is 0 Å². The molecule has 1 aromatic heterocycles. The van der Waals surface area contributed by atoms with Gasteiger partial charge in [-0.15, -0.1) is 0 Å². The monoisotopic (exact) mass is 621 g/mol. The molecular formula is C27H35N5O8S2. The summed E-state index contributed by atoms with van der Waals surface area (Å²) < 4.78 is 69.7. The third-order valence-electron chi connectivity index (χ3n) is 7.10. The molecular weight excluding hydrogens is 586 g/mol. The van der Waals surface area contributed by atoms with Gasteiger partial charge in [0.1, 0.15) is 11.9 Å². The molecule has 0 spiro atoms. The number of methoxy groups -OCH3 is 1. The number of aliphatic hydroxyl groups excluding tert-OH is 1. The first-order chi connectivity index (χ1) is 19.8. The van der Waals surface area contributed by atoms with E-state index in [0.717, 1.165) is 4.31 Å². The predicted molar refractivity (Wildman–Crippen MR) is 154 cm³/mol. The van der Waals surface area contributed by atoms with Crippen molar-refractivity contribution in [2.45, 2.75) is 35.9 Å². The SMILES string of the molecule is COc1ccc(S(=O)(=O)N(C)C[C@H]2Oc3c(NS(=O)(=O)c4cn(C)cn4)cccc3C(=O)N([C@@H](C)CO)C[C@@H]2C)cc1. The Morgan fingerprint density at radius 1 is 1.19 bits per heavy atom. The molecule has 42 heavy (non-hydrogen) atoms. The maximum atomic E-state index is 13.7. The summed E-state index contributed by atoms with van der Waals surface area (Å²) in [7, 11) is -3.57. The second-order valence-corrected chi connectivity index (χ2v) is 13.9. The smallest absolute Gasteiger partial charge is 0.281 e. The number of imidazole rings is 1. The lowest BCUT2D eigenvalue weighted by molar-refractivity contribution is 0.0389. The Morgan fingerprint density at radius 3 is 2.48 bits per heavy atom. The first kappa shape index (κ1) is 31.3. The van der Waals surface area contributed by atoms with E-state index in [1.165, 1.54) is 66.5 Å². The lowest BCUT2D eigenvalue weighted by Crippen LogP contribution is -2.50. The van der Waals surface area contributed by atoms with Gasteiger partial charge in [-0.05, 0) is 43.3 Å². The van der Waals surface area contributed by atoms with Gasteiger partial charge in [0.2, 0.25) is 10.0 Å². The number of hydrogen-bond donors (Lipinski definition) is 2. The molecule has 3 aromatic rings. The number of benzene rings is 2. The van der Waals surface area contributed by atoms with E-state index in [-0.39, 0.29) is 46.6 Å². The van der Waals surface area contributed by atoms with Gasteiger partial charge in [-0.3, -0.25) is 9.52 Å². The van der Waals surface area contributed by atoms with Crippen LogP contribution in [-0.4, -0.2) is 92.6 Å². The van der Waals surface area contributed by atoms with E-state index in [1.54, 1.807) is 33.0 Å². The Morgan fingerprint density at radius 2 is 1.88 bits per heavy atom. The van der Waals surface area contributed by atoms with Crippen LogP contribution in [0.5, 0.6) is 11.5 Å². The minimum atomic E-state index is -4.16. The number of aryl methyl sites for hydroxylation is 1. The van der Waals surface area contributed by atoms with Crippen molar-refractivity contribution in [3.8, 4) is 11.5 Å². The number of fused-ring (bicyclic) bond motifs is 1. The molecule has 0 aliphatic carbocycles. The van der Waals surface area contributed by atoms with Crippen LogP contribution in [0.2, 0.25) is 0 Å². The van der Waals surface area contributed by atoms with Gasteiger partial charge in [0.15, 0.2) is 10.8 Å². The third kappa shape index (κ3) is 6.38. The molecule has 2 aromatic carbocycles. The molecule has 0 saturated heterocycles. The normalized spacial score (nSPS) is 18.5. The van der Waals surface area contributed by atoms with E-state index in [2.05, 4.69) is 9.71 Å². The molecule has 13 nitrogen and oxygen atoms in total. The average molecular weight is 622 g/mol. The van der Waals surface area contributed by atoms with Gasteiger partial charge in [0.25, 0.3) is 15.9 Å². The molecule has 0 radical (unpaired) electrons. The summed E-state index contributed by atoms with van der Waals surface area (Å²) in [5.41, 5.74) is 0.0527. The van der Waals surface area contributed by atoms with Gasteiger partial charge in [0.05, 0.1) is 48.8 Å². The number of nitrogens with one attached hydrogen (secondary N) is 1. The fourth-order valence-electron chi connectivity index (χ4n) is 4.55. The quantitative estimate of drug-likeness (QED) is 0.344. The number of aliphatic hydroxyl groups is 1. The Hall–Kier alpha value is -3.66. The summed E-state index contributed by atoms with van der Waals surface area (Å²) >= 11 is 0. The average Bonchev–Trinajstić information content (AvgIpc) is 3.41. The van der Waals surface area contributed by atoms with Crippen LogP contribution in [0.1, 0.15) is 24.2 Å². The van der Waals surface area contributed by atoms with Gasteiger partial charge in [0, 0.05) is 32.8 Å². The molecule has 1 aliphatic rings. The number of ether oxygens (including phenoxy) is 2. The zero-order valence-corrected chi connectivity index (χ0v) is 25.6. The van der Waals surface area contributed by atoms with Crippen molar-refractivity contribution in [1.29, 1.82) is 0 Å². The van der Waals surface area contributed by atoms with Crippen LogP contribution in [0.15, 0.2) is 64.9 Å². The Bertz CT molecular complexity index is 1640. The summed E-state index contributed by atoms with van der Waals surface area (Å²) in [6, 6.07) is 9.87. The molecule has 0 bridgehead atoms. The van der Waals surface area contributed by atoms with Gasteiger partial charge in [-0.1, -0.05) is 13.0 Å². The van der Waals surface area contributed by atoms with Crippen molar-refractivity contribution in [2.24, 2.45) is 13.0 Å². The van der Waals surface area contributed by atoms with Crippen molar-refractivity contribution >= 4 is 31.6 Å². The van der Waals surface area contributed by atoms with Crippen LogP contribution in [-0.2, 0) is 27.1 Å². The molecule has 228 valence electrons. The third-order valence-corrected chi connectivity index (χ3v) is 10.2. The van der Waals surface area contributed by atoms with Crippen molar-refractivity contribution in [3.63, 3.8) is 0 Å². The number of carbonyl (C=O) groups excluding carboxylic acids is 1. The van der Waals surface area contributed by atoms with E-state index in [1.807, 2.05) is 0 Å². The highest BCUT2D eigenvalue weighted by Crippen LogP contribution is 2.36. The van der Waals surface area contributed by atoms with Crippen molar-refractivity contribution in [1.82, 2.24) is 18.8 Å². The Labute approximate surface area is 245 Å². The molecule has 15 heteroatoms. The van der Waals surface area contributed by atoms with Crippen LogP contribution in [0.3, 0.4) is 0 Å². The lowest BCUT2D eigenvalue weighted by atomic mass is 9.99. The number of amides is 1. The fourth-order valence-corrected chi connectivity index (χ4v) is 6.77. The maximum Gasteiger partial charge on any atom is 0.281 e. The molecule has 2 N–H and O–H groups in total. The first-order valence-corrected chi connectivity index (χ1v) is 16.0. The number of nitrogens with zero attached hydrogens (tertiary/aromatic N) is 4. The fraction of sp³-hybridized carbons (Fsp3) is 0.407. The molecule has 2 heterocycles. The van der Waals surface area contributed by atoms with Crippen molar-refractivity contribution in [2.75, 3.05) is 38.6 Å². The van der Waals surface area contributed by atoms with Crippen molar-refractivity contribution < 1.29 is 36.2 Å². The zero-order chi connectivity index (χ0) is 30.8. The Balaban J connectivity index is 1.74. The number of carbonyl (C=O) groups is 1. The largest absolute Gasteiger partial charge is 0.497 e. The van der Waals surface area contributed by atoms with E-state index in [4.69, 9.17) is 9.47 Å². The highest BCUT2D eigenvalue weighted by atomic mass is 32.2. The summed E-state index contributed by atoms with van der Waals surface area (Å²) in [6.45, 7) is 3.22. The van der Waals surface area contributed by atoms with Crippen LogP contribution in [0, 0.1) is 5.92 Å². The van der Waals surface area contributed by atoms with Crippen molar-refractivity contribution in [3.05, 3.63) is 60.6 Å².